The number of carbonyl (C=O) groups excluding carboxylic acids is 1. The number of alkyl carbamates (subject to hydrolysis) is 1. The van der Waals surface area contributed by atoms with E-state index in [0.717, 1.165) is 25.7 Å². The quantitative estimate of drug-likeness (QED) is 0.698. The van der Waals surface area contributed by atoms with Gasteiger partial charge in [-0.3, -0.25) is 0 Å². The Morgan fingerprint density at radius 2 is 1.64 bits per heavy atom. The zero-order chi connectivity index (χ0) is 17.0. The van der Waals surface area contributed by atoms with Crippen LogP contribution in [0.4, 0.5) is 4.79 Å². The molecule has 3 atom stereocenters. The van der Waals surface area contributed by atoms with Crippen molar-refractivity contribution in [3.05, 3.63) is 0 Å². The number of hydrogen-bond acceptors (Lipinski definition) is 4. The summed E-state index contributed by atoms with van der Waals surface area (Å²) in [5.41, 5.74) is -1.28. The second-order valence-electron chi connectivity index (χ2n) is 8.04. The van der Waals surface area contributed by atoms with Gasteiger partial charge >= 0.3 is 6.09 Å². The second kappa shape index (κ2) is 7.64. The maximum absolute atomic E-state index is 12.1. The fourth-order valence-electron chi connectivity index (χ4n) is 2.66. The summed E-state index contributed by atoms with van der Waals surface area (Å²) in [5.74, 6) is 0. The van der Waals surface area contributed by atoms with Crippen molar-refractivity contribution >= 4 is 6.09 Å². The van der Waals surface area contributed by atoms with Crippen LogP contribution in [0.1, 0.15) is 73.6 Å². The molecule has 5 heteroatoms. The van der Waals surface area contributed by atoms with E-state index in [9.17, 15) is 9.90 Å². The Morgan fingerprint density at radius 3 is 2.14 bits per heavy atom. The minimum atomic E-state index is -0.789. The molecule has 0 radical (unpaired) electrons. The molecule has 3 N–H and O–H groups in total. The molecule has 1 aliphatic carbocycles. The Balaban J connectivity index is 2.68. The predicted molar refractivity (Wildman–Crippen MR) is 88.9 cm³/mol. The van der Waals surface area contributed by atoms with Crippen molar-refractivity contribution in [2.75, 3.05) is 0 Å². The first-order valence-electron chi connectivity index (χ1n) is 8.47. The SMILES string of the molecule is CC(NC1CCCCCC1NC(=O)OC(C)(C)C)C(C)(C)O. The maximum Gasteiger partial charge on any atom is 0.407 e. The summed E-state index contributed by atoms with van der Waals surface area (Å²) >= 11 is 0. The van der Waals surface area contributed by atoms with E-state index < -0.39 is 11.2 Å². The summed E-state index contributed by atoms with van der Waals surface area (Å²) in [6.07, 6.45) is 5.01. The van der Waals surface area contributed by atoms with Gasteiger partial charge in [-0.2, -0.15) is 0 Å². The Hall–Kier alpha value is -0.810. The van der Waals surface area contributed by atoms with Crippen LogP contribution in [0, 0.1) is 0 Å². The molecule has 1 fully saturated rings. The van der Waals surface area contributed by atoms with Gasteiger partial charge in [0.05, 0.1) is 5.60 Å². The van der Waals surface area contributed by atoms with Crippen LogP contribution in [0.2, 0.25) is 0 Å². The molecule has 5 nitrogen and oxygen atoms in total. The molecule has 1 rings (SSSR count). The number of carbonyl (C=O) groups is 1. The summed E-state index contributed by atoms with van der Waals surface area (Å²) < 4.78 is 5.37. The third-order valence-corrected chi connectivity index (χ3v) is 4.24. The molecule has 0 aromatic heterocycles. The van der Waals surface area contributed by atoms with E-state index in [1.54, 1.807) is 13.8 Å². The van der Waals surface area contributed by atoms with Gasteiger partial charge in [-0.05, 0) is 54.4 Å². The maximum atomic E-state index is 12.1. The van der Waals surface area contributed by atoms with Crippen molar-refractivity contribution in [1.82, 2.24) is 10.6 Å². The Morgan fingerprint density at radius 1 is 1.09 bits per heavy atom. The lowest BCUT2D eigenvalue weighted by molar-refractivity contribution is 0.0344. The topological polar surface area (TPSA) is 70.6 Å². The molecule has 0 aromatic carbocycles. The second-order valence-corrected chi connectivity index (χ2v) is 8.04. The first-order valence-corrected chi connectivity index (χ1v) is 8.47. The molecule has 130 valence electrons. The number of ether oxygens (including phenoxy) is 1. The highest BCUT2D eigenvalue weighted by atomic mass is 16.6. The molecule has 0 spiro atoms. The van der Waals surface area contributed by atoms with Crippen LogP contribution in [0.5, 0.6) is 0 Å². The molecule has 0 aromatic rings. The van der Waals surface area contributed by atoms with Crippen LogP contribution in [0.25, 0.3) is 0 Å². The summed E-state index contributed by atoms with van der Waals surface area (Å²) in [5, 5.41) is 16.6. The lowest BCUT2D eigenvalue weighted by Gasteiger charge is -2.35. The third kappa shape index (κ3) is 6.97. The Kier molecular flexibility index (Phi) is 6.68. The van der Waals surface area contributed by atoms with Gasteiger partial charge < -0.3 is 20.5 Å². The zero-order valence-electron chi connectivity index (χ0n) is 15.0. The van der Waals surface area contributed by atoms with Gasteiger partial charge in [0.25, 0.3) is 0 Å². The lowest BCUT2D eigenvalue weighted by atomic mass is 9.96. The van der Waals surface area contributed by atoms with Crippen LogP contribution >= 0.6 is 0 Å². The van der Waals surface area contributed by atoms with E-state index in [4.69, 9.17) is 4.74 Å². The number of amides is 1. The van der Waals surface area contributed by atoms with E-state index in [1.165, 1.54) is 6.42 Å². The van der Waals surface area contributed by atoms with Crippen molar-refractivity contribution in [2.45, 2.75) is 103 Å². The molecule has 3 unspecified atom stereocenters. The molecule has 0 aliphatic heterocycles. The summed E-state index contributed by atoms with van der Waals surface area (Å²) in [6, 6.07) is 0.164. The summed E-state index contributed by atoms with van der Waals surface area (Å²) in [7, 11) is 0. The van der Waals surface area contributed by atoms with E-state index in [1.807, 2.05) is 27.7 Å². The lowest BCUT2D eigenvalue weighted by Crippen LogP contribution is -2.56. The molecule has 1 saturated carbocycles. The molecule has 0 saturated heterocycles. The van der Waals surface area contributed by atoms with Crippen LogP contribution in [0.3, 0.4) is 0 Å². The minimum Gasteiger partial charge on any atom is -0.444 e. The highest BCUT2D eigenvalue weighted by Gasteiger charge is 2.31. The first kappa shape index (κ1) is 19.2. The van der Waals surface area contributed by atoms with Gasteiger partial charge in [-0.25, -0.2) is 4.79 Å². The van der Waals surface area contributed by atoms with Crippen molar-refractivity contribution in [2.24, 2.45) is 0 Å². The fraction of sp³-hybridized carbons (Fsp3) is 0.941. The van der Waals surface area contributed by atoms with Crippen LogP contribution in [0.15, 0.2) is 0 Å². The van der Waals surface area contributed by atoms with E-state index >= 15 is 0 Å². The molecule has 0 bridgehead atoms. The van der Waals surface area contributed by atoms with Gasteiger partial charge in [-0.1, -0.05) is 19.3 Å². The molecular weight excluding hydrogens is 280 g/mol. The van der Waals surface area contributed by atoms with Crippen molar-refractivity contribution in [1.29, 1.82) is 0 Å². The Bertz CT molecular complexity index is 358. The van der Waals surface area contributed by atoms with Gasteiger partial charge in [0.1, 0.15) is 5.60 Å². The number of aliphatic hydroxyl groups is 1. The fourth-order valence-corrected chi connectivity index (χ4v) is 2.66. The molecule has 22 heavy (non-hydrogen) atoms. The van der Waals surface area contributed by atoms with Crippen LogP contribution in [-0.4, -0.2) is 40.5 Å². The minimum absolute atomic E-state index is 0.0430. The number of nitrogens with one attached hydrogen (secondary N) is 2. The monoisotopic (exact) mass is 314 g/mol. The zero-order valence-corrected chi connectivity index (χ0v) is 15.0. The first-order chi connectivity index (χ1) is 9.99. The van der Waals surface area contributed by atoms with Gasteiger partial charge in [0.15, 0.2) is 0 Å². The van der Waals surface area contributed by atoms with Gasteiger partial charge in [0.2, 0.25) is 0 Å². The average molecular weight is 314 g/mol. The third-order valence-electron chi connectivity index (χ3n) is 4.24. The van der Waals surface area contributed by atoms with E-state index in [0.29, 0.717) is 0 Å². The summed E-state index contributed by atoms with van der Waals surface area (Å²) in [4.78, 5) is 12.1. The highest BCUT2D eigenvalue weighted by Crippen LogP contribution is 2.21. The van der Waals surface area contributed by atoms with Crippen molar-refractivity contribution in [3.63, 3.8) is 0 Å². The molecule has 0 heterocycles. The largest absolute Gasteiger partial charge is 0.444 e. The van der Waals surface area contributed by atoms with E-state index in [-0.39, 0.29) is 24.2 Å². The predicted octanol–water partition coefficient (Wildman–Crippen LogP) is 2.96. The summed E-state index contributed by atoms with van der Waals surface area (Å²) in [6.45, 7) is 11.2. The average Bonchev–Trinajstić information content (AvgIpc) is 2.51. The van der Waals surface area contributed by atoms with Gasteiger partial charge in [-0.15, -0.1) is 0 Å². The number of rotatable bonds is 4. The normalized spacial score (nSPS) is 25.2. The van der Waals surface area contributed by atoms with Crippen LogP contribution in [-0.2, 0) is 4.74 Å². The molecule has 1 aliphatic rings. The van der Waals surface area contributed by atoms with Gasteiger partial charge in [0, 0.05) is 18.1 Å². The smallest absolute Gasteiger partial charge is 0.407 e. The van der Waals surface area contributed by atoms with Crippen molar-refractivity contribution in [3.8, 4) is 0 Å². The van der Waals surface area contributed by atoms with E-state index in [2.05, 4.69) is 10.6 Å². The Labute approximate surface area is 135 Å². The molecular formula is C17H34N2O3. The van der Waals surface area contributed by atoms with Crippen molar-refractivity contribution < 1.29 is 14.6 Å². The number of hydrogen-bond donors (Lipinski definition) is 3. The van der Waals surface area contributed by atoms with Crippen LogP contribution < -0.4 is 10.6 Å². The molecule has 1 amide bonds. The standard InChI is InChI=1S/C17H34N2O3/c1-12(17(5,6)21)18-13-10-8-7-9-11-14(13)19-15(20)22-16(2,3)4/h12-14,18,21H,7-11H2,1-6H3,(H,19,20). The highest BCUT2D eigenvalue weighted by molar-refractivity contribution is 5.68.